The highest BCUT2D eigenvalue weighted by molar-refractivity contribution is 6.39. The zero-order chi connectivity index (χ0) is 14.0. The first-order chi connectivity index (χ1) is 9.02. The average Bonchev–Trinajstić information content (AvgIpc) is 2.35. The number of methoxy groups -OCH3 is 1. The molecule has 0 atom stereocenters. The molecule has 19 heavy (non-hydrogen) atoms. The summed E-state index contributed by atoms with van der Waals surface area (Å²) in [6, 6.07) is 2.26. The van der Waals surface area contributed by atoms with Crippen LogP contribution in [0.2, 0.25) is 10.0 Å². The smallest absolute Gasteiger partial charge is 0.242 e. The molecular formula is C11H9Cl2FN4O. The van der Waals surface area contributed by atoms with Crippen LogP contribution in [0, 0.1) is 5.82 Å². The maximum atomic E-state index is 13.1. The van der Waals surface area contributed by atoms with Gasteiger partial charge in [-0.25, -0.2) is 9.37 Å². The Kier molecular flexibility index (Phi) is 3.92. The summed E-state index contributed by atoms with van der Waals surface area (Å²) < 4.78 is 18.0. The molecule has 1 aromatic carbocycles. The predicted octanol–water partition coefficient (Wildman–Crippen LogP) is 3.26. The summed E-state index contributed by atoms with van der Waals surface area (Å²) in [4.78, 5) is 7.78. The molecule has 1 aromatic heterocycles. The van der Waals surface area contributed by atoms with Gasteiger partial charge in [-0.1, -0.05) is 23.2 Å². The summed E-state index contributed by atoms with van der Waals surface area (Å²) in [7, 11) is 1.43. The van der Waals surface area contributed by atoms with Crippen molar-refractivity contribution in [1.82, 2.24) is 9.97 Å². The zero-order valence-electron chi connectivity index (χ0n) is 9.75. The maximum absolute atomic E-state index is 13.1. The van der Waals surface area contributed by atoms with Crippen molar-refractivity contribution in [2.45, 2.75) is 0 Å². The highest BCUT2D eigenvalue weighted by Gasteiger charge is 2.13. The van der Waals surface area contributed by atoms with Crippen molar-refractivity contribution in [1.29, 1.82) is 0 Å². The monoisotopic (exact) mass is 302 g/mol. The topological polar surface area (TPSA) is 73.1 Å². The Balaban J connectivity index is 2.42. The Hall–Kier alpha value is -1.79. The van der Waals surface area contributed by atoms with Crippen LogP contribution >= 0.6 is 23.2 Å². The molecule has 100 valence electrons. The van der Waals surface area contributed by atoms with Crippen LogP contribution in [0.25, 0.3) is 0 Å². The molecule has 3 N–H and O–H groups in total. The molecule has 5 nitrogen and oxygen atoms in total. The van der Waals surface area contributed by atoms with Gasteiger partial charge in [-0.05, 0) is 12.1 Å². The molecular weight excluding hydrogens is 294 g/mol. The molecule has 0 spiro atoms. The number of halogens is 3. The zero-order valence-corrected chi connectivity index (χ0v) is 11.3. The van der Waals surface area contributed by atoms with Crippen LogP contribution in [0.1, 0.15) is 0 Å². The molecule has 0 aliphatic heterocycles. The molecule has 0 radical (unpaired) electrons. The van der Waals surface area contributed by atoms with Gasteiger partial charge in [0, 0.05) is 0 Å². The minimum absolute atomic E-state index is 0.113. The first-order valence-corrected chi connectivity index (χ1v) is 5.84. The first-order valence-electron chi connectivity index (χ1n) is 5.09. The molecule has 0 aliphatic carbocycles. The Bertz CT molecular complexity index is 601. The van der Waals surface area contributed by atoms with Crippen LogP contribution < -0.4 is 15.8 Å². The van der Waals surface area contributed by atoms with Gasteiger partial charge in [0.2, 0.25) is 5.88 Å². The van der Waals surface area contributed by atoms with Crippen LogP contribution in [0.5, 0.6) is 5.88 Å². The van der Waals surface area contributed by atoms with Crippen LogP contribution in [0.15, 0.2) is 18.5 Å². The highest BCUT2D eigenvalue weighted by Crippen LogP contribution is 2.35. The maximum Gasteiger partial charge on any atom is 0.242 e. The lowest BCUT2D eigenvalue weighted by atomic mass is 10.3. The van der Waals surface area contributed by atoms with E-state index in [2.05, 4.69) is 15.3 Å². The van der Waals surface area contributed by atoms with E-state index in [1.54, 1.807) is 0 Å². The fourth-order valence-corrected chi connectivity index (χ4v) is 1.98. The second-order valence-corrected chi connectivity index (χ2v) is 4.33. The molecule has 0 saturated heterocycles. The summed E-state index contributed by atoms with van der Waals surface area (Å²) in [5.74, 6) is -0.0529. The van der Waals surface area contributed by atoms with Crippen molar-refractivity contribution in [3.63, 3.8) is 0 Å². The third-order valence-electron chi connectivity index (χ3n) is 2.29. The van der Waals surface area contributed by atoms with E-state index in [0.717, 1.165) is 12.1 Å². The van der Waals surface area contributed by atoms with Crippen LogP contribution in [-0.4, -0.2) is 17.1 Å². The van der Waals surface area contributed by atoms with E-state index >= 15 is 0 Å². The van der Waals surface area contributed by atoms with Gasteiger partial charge in [-0.2, -0.15) is 4.98 Å². The number of nitrogens with two attached hydrogens (primary N) is 1. The molecule has 0 unspecified atom stereocenters. The number of aromatic nitrogens is 2. The number of nitrogens with zero attached hydrogens (tertiary/aromatic N) is 2. The van der Waals surface area contributed by atoms with Crippen molar-refractivity contribution in [2.24, 2.45) is 0 Å². The Morgan fingerprint density at radius 3 is 2.47 bits per heavy atom. The number of benzene rings is 1. The Labute approximate surface area is 118 Å². The second-order valence-electron chi connectivity index (χ2n) is 3.51. The number of ether oxygens (including phenoxy) is 1. The molecule has 2 aromatic rings. The lowest BCUT2D eigenvalue weighted by molar-refractivity contribution is 0.399. The van der Waals surface area contributed by atoms with Crippen molar-refractivity contribution in [3.8, 4) is 5.88 Å². The fraction of sp³-hybridized carbons (Fsp3) is 0.0909. The SMILES string of the molecule is COc1ncnc(Nc2c(Cl)cc(F)cc2Cl)c1N. The number of hydrogen-bond acceptors (Lipinski definition) is 5. The lowest BCUT2D eigenvalue weighted by Gasteiger charge is -2.12. The molecule has 8 heteroatoms. The van der Waals surface area contributed by atoms with Gasteiger partial charge in [0.05, 0.1) is 22.8 Å². The van der Waals surface area contributed by atoms with Gasteiger partial charge >= 0.3 is 0 Å². The summed E-state index contributed by atoms with van der Waals surface area (Å²) in [6.45, 7) is 0. The first kappa shape index (κ1) is 13.6. The van der Waals surface area contributed by atoms with Crippen LogP contribution in [-0.2, 0) is 0 Å². The van der Waals surface area contributed by atoms with Crippen molar-refractivity contribution in [2.75, 3.05) is 18.2 Å². The summed E-state index contributed by atoms with van der Waals surface area (Å²) in [6.07, 6.45) is 1.27. The van der Waals surface area contributed by atoms with Gasteiger partial charge in [-0.3, -0.25) is 0 Å². The van der Waals surface area contributed by atoms with Gasteiger partial charge in [0.1, 0.15) is 17.8 Å². The minimum atomic E-state index is -0.534. The molecule has 0 aliphatic rings. The van der Waals surface area contributed by atoms with Crippen molar-refractivity contribution in [3.05, 3.63) is 34.3 Å². The lowest BCUT2D eigenvalue weighted by Crippen LogP contribution is -2.04. The third-order valence-corrected chi connectivity index (χ3v) is 2.89. The fourth-order valence-electron chi connectivity index (χ4n) is 1.42. The average molecular weight is 303 g/mol. The highest BCUT2D eigenvalue weighted by atomic mass is 35.5. The summed E-state index contributed by atoms with van der Waals surface area (Å²) in [5, 5.41) is 3.05. The standard InChI is InChI=1S/C11H9Cl2FN4O/c1-19-11-8(15)10(16-4-17-11)18-9-6(12)2-5(14)3-7(9)13/h2-4H,15H2,1H3,(H,16,17,18). The van der Waals surface area contributed by atoms with Crippen molar-refractivity contribution < 1.29 is 9.13 Å². The van der Waals surface area contributed by atoms with Gasteiger partial charge in [0.15, 0.2) is 5.82 Å². The third kappa shape index (κ3) is 2.80. The number of rotatable bonds is 3. The normalized spacial score (nSPS) is 10.3. The number of hydrogen-bond donors (Lipinski definition) is 2. The second kappa shape index (κ2) is 5.46. The summed E-state index contributed by atoms with van der Waals surface area (Å²) in [5.41, 5.74) is 6.30. The molecule has 0 bridgehead atoms. The van der Waals surface area contributed by atoms with Crippen LogP contribution in [0.4, 0.5) is 21.6 Å². The molecule has 1 heterocycles. The van der Waals surface area contributed by atoms with Crippen molar-refractivity contribution >= 4 is 40.4 Å². The minimum Gasteiger partial charge on any atom is -0.479 e. The molecule has 0 amide bonds. The van der Waals surface area contributed by atoms with E-state index in [-0.39, 0.29) is 27.4 Å². The van der Waals surface area contributed by atoms with E-state index in [1.165, 1.54) is 13.4 Å². The van der Waals surface area contributed by atoms with Gasteiger partial charge < -0.3 is 15.8 Å². The van der Waals surface area contributed by atoms with E-state index in [1.807, 2.05) is 0 Å². The number of nitrogen functional groups attached to an aromatic ring is 1. The molecule has 2 rings (SSSR count). The van der Waals surface area contributed by atoms with Crippen LogP contribution in [0.3, 0.4) is 0 Å². The molecule has 0 saturated carbocycles. The predicted molar refractivity (Wildman–Crippen MR) is 72.7 cm³/mol. The van der Waals surface area contributed by atoms with Gasteiger partial charge in [-0.15, -0.1) is 0 Å². The van der Waals surface area contributed by atoms with E-state index in [9.17, 15) is 4.39 Å². The summed E-state index contributed by atoms with van der Waals surface area (Å²) >= 11 is 11.8. The Morgan fingerprint density at radius 2 is 1.89 bits per heavy atom. The quantitative estimate of drug-likeness (QED) is 0.910. The number of anilines is 3. The van der Waals surface area contributed by atoms with Gasteiger partial charge in [0.25, 0.3) is 0 Å². The number of nitrogens with one attached hydrogen (secondary N) is 1. The largest absolute Gasteiger partial charge is 0.479 e. The molecule has 0 fully saturated rings. The van der Waals surface area contributed by atoms with E-state index in [0.29, 0.717) is 5.69 Å². The van der Waals surface area contributed by atoms with E-state index < -0.39 is 5.82 Å². The Morgan fingerprint density at radius 1 is 1.26 bits per heavy atom. The van der Waals surface area contributed by atoms with E-state index in [4.69, 9.17) is 33.7 Å².